The summed E-state index contributed by atoms with van der Waals surface area (Å²) in [5.74, 6) is -0.198. The van der Waals surface area contributed by atoms with Gasteiger partial charge in [0.1, 0.15) is 0 Å². The van der Waals surface area contributed by atoms with Gasteiger partial charge in [0, 0.05) is 11.8 Å². The lowest BCUT2D eigenvalue weighted by molar-refractivity contribution is -0.123. The molecule has 3 amide bonds. The van der Waals surface area contributed by atoms with Crippen molar-refractivity contribution in [2.75, 3.05) is 0 Å². The molecule has 6 nitrogen and oxygen atoms in total. The molecule has 1 aromatic carbocycles. The molecular formula is C22H27N3O3S. The van der Waals surface area contributed by atoms with Gasteiger partial charge in [-0.3, -0.25) is 25.2 Å². The van der Waals surface area contributed by atoms with Crippen LogP contribution in [0.25, 0.3) is 0 Å². The number of rotatable bonds is 6. The third-order valence-corrected chi connectivity index (χ3v) is 6.51. The second-order valence-electron chi connectivity index (χ2n) is 7.45. The molecule has 0 saturated heterocycles. The Morgan fingerprint density at radius 1 is 1.17 bits per heavy atom. The zero-order valence-electron chi connectivity index (χ0n) is 16.8. The molecule has 154 valence electrons. The van der Waals surface area contributed by atoms with Crippen molar-refractivity contribution in [2.45, 2.75) is 52.0 Å². The van der Waals surface area contributed by atoms with E-state index in [9.17, 15) is 14.4 Å². The Hall–Kier alpha value is -2.67. The molecule has 2 atom stereocenters. The van der Waals surface area contributed by atoms with E-state index in [0.29, 0.717) is 10.8 Å². The molecule has 1 aliphatic rings. The minimum atomic E-state index is -0.453. The number of hydrazine groups is 1. The second-order valence-corrected chi connectivity index (χ2v) is 8.58. The SMILES string of the molecule is CC[C@H]1CCc2sc(C(=O)NNC(=O)C[C@H](NC(C)=O)c3ccccc3)cc2C1. The molecule has 0 unspecified atom stereocenters. The Balaban J connectivity index is 1.56. The number of hydrogen-bond acceptors (Lipinski definition) is 4. The maximum absolute atomic E-state index is 12.5. The van der Waals surface area contributed by atoms with Gasteiger partial charge in [-0.25, -0.2) is 0 Å². The average Bonchev–Trinajstić information content (AvgIpc) is 3.15. The molecule has 2 aromatic rings. The van der Waals surface area contributed by atoms with Gasteiger partial charge in [-0.05, 0) is 42.4 Å². The molecule has 0 radical (unpaired) electrons. The van der Waals surface area contributed by atoms with Gasteiger partial charge in [-0.15, -0.1) is 11.3 Å². The fourth-order valence-electron chi connectivity index (χ4n) is 3.67. The van der Waals surface area contributed by atoms with Crippen molar-refractivity contribution < 1.29 is 14.4 Å². The summed E-state index contributed by atoms with van der Waals surface area (Å²) in [6.07, 6.45) is 4.41. The van der Waals surface area contributed by atoms with Gasteiger partial charge in [-0.2, -0.15) is 0 Å². The van der Waals surface area contributed by atoms with E-state index in [0.717, 1.165) is 24.8 Å². The summed E-state index contributed by atoms with van der Waals surface area (Å²) in [7, 11) is 0. The highest BCUT2D eigenvalue weighted by Gasteiger charge is 2.22. The smallest absolute Gasteiger partial charge is 0.279 e. The second kappa shape index (κ2) is 9.69. The maximum atomic E-state index is 12.5. The molecule has 1 aromatic heterocycles. The van der Waals surface area contributed by atoms with Gasteiger partial charge < -0.3 is 5.32 Å². The molecule has 3 rings (SSSR count). The summed E-state index contributed by atoms with van der Waals surface area (Å²) in [6.45, 7) is 3.62. The van der Waals surface area contributed by atoms with Crippen LogP contribution in [0, 0.1) is 5.92 Å². The number of nitrogens with one attached hydrogen (secondary N) is 3. The number of benzene rings is 1. The van der Waals surface area contributed by atoms with Crippen LogP contribution in [0.15, 0.2) is 36.4 Å². The summed E-state index contributed by atoms with van der Waals surface area (Å²) in [5.41, 5.74) is 7.07. The van der Waals surface area contributed by atoms with E-state index in [4.69, 9.17) is 0 Å². The highest BCUT2D eigenvalue weighted by Crippen LogP contribution is 2.33. The van der Waals surface area contributed by atoms with E-state index in [1.807, 2.05) is 36.4 Å². The van der Waals surface area contributed by atoms with Crippen LogP contribution >= 0.6 is 11.3 Å². The van der Waals surface area contributed by atoms with E-state index < -0.39 is 6.04 Å². The van der Waals surface area contributed by atoms with E-state index in [-0.39, 0.29) is 24.1 Å². The summed E-state index contributed by atoms with van der Waals surface area (Å²) in [4.78, 5) is 38.2. The standard InChI is InChI=1S/C22H27N3O3S/c1-3-15-9-10-19-17(11-15)12-20(29-19)22(28)25-24-21(27)13-18(23-14(2)26)16-7-5-4-6-8-16/h4-8,12,15,18H,3,9-11,13H2,1-2H3,(H,23,26)(H,24,27)(H,25,28)/t15-,18-/m0/s1. The minimum absolute atomic E-state index is 0.0307. The molecule has 1 heterocycles. The first-order valence-corrected chi connectivity index (χ1v) is 10.8. The number of aryl methyl sites for hydroxylation is 1. The first-order valence-electron chi connectivity index (χ1n) is 9.99. The zero-order valence-corrected chi connectivity index (χ0v) is 17.6. The van der Waals surface area contributed by atoms with Crippen LogP contribution in [0.1, 0.15) is 64.8 Å². The minimum Gasteiger partial charge on any atom is -0.349 e. The Labute approximate surface area is 175 Å². The highest BCUT2D eigenvalue weighted by molar-refractivity contribution is 7.14. The molecule has 0 fully saturated rings. The normalized spacial score (nSPS) is 16.4. The van der Waals surface area contributed by atoms with Crippen molar-refractivity contribution >= 4 is 29.1 Å². The summed E-state index contributed by atoms with van der Waals surface area (Å²) in [5, 5.41) is 2.78. The van der Waals surface area contributed by atoms with Crippen molar-refractivity contribution in [1.29, 1.82) is 0 Å². The Kier molecular flexibility index (Phi) is 7.04. The molecule has 7 heteroatoms. The number of carbonyl (C=O) groups is 3. The first-order chi connectivity index (χ1) is 14.0. The quantitative estimate of drug-likeness (QED) is 0.635. The van der Waals surface area contributed by atoms with E-state index >= 15 is 0 Å². The van der Waals surface area contributed by atoms with Gasteiger partial charge in [0.2, 0.25) is 11.8 Å². The van der Waals surface area contributed by atoms with Gasteiger partial charge in [0.25, 0.3) is 5.91 Å². The predicted octanol–water partition coefficient (Wildman–Crippen LogP) is 3.29. The number of fused-ring (bicyclic) bond motifs is 1. The van der Waals surface area contributed by atoms with Crippen LogP contribution in [0.4, 0.5) is 0 Å². The van der Waals surface area contributed by atoms with E-state index in [1.54, 1.807) is 0 Å². The van der Waals surface area contributed by atoms with Crippen molar-refractivity contribution in [1.82, 2.24) is 16.2 Å². The zero-order chi connectivity index (χ0) is 20.8. The molecule has 29 heavy (non-hydrogen) atoms. The lowest BCUT2D eigenvalue weighted by Gasteiger charge is -2.19. The molecule has 0 aliphatic heterocycles. The number of hydrogen-bond donors (Lipinski definition) is 3. The largest absolute Gasteiger partial charge is 0.349 e. The maximum Gasteiger partial charge on any atom is 0.279 e. The molecule has 1 aliphatic carbocycles. The fourth-order valence-corrected chi connectivity index (χ4v) is 4.77. The van der Waals surface area contributed by atoms with Crippen LogP contribution in [0.3, 0.4) is 0 Å². The predicted molar refractivity (Wildman–Crippen MR) is 113 cm³/mol. The summed E-state index contributed by atoms with van der Waals surface area (Å²) < 4.78 is 0. The fraction of sp³-hybridized carbons (Fsp3) is 0.409. The Bertz CT molecular complexity index is 879. The van der Waals surface area contributed by atoms with Gasteiger partial charge in [-0.1, -0.05) is 43.7 Å². The molecule has 0 spiro atoms. The van der Waals surface area contributed by atoms with Gasteiger partial charge >= 0.3 is 0 Å². The van der Waals surface area contributed by atoms with Gasteiger partial charge in [0.05, 0.1) is 17.3 Å². The third kappa shape index (κ3) is 5.67. The van der Waals surface area contributed by atoms with Crippen LogP contribution in [0.2, 0.25) is 0 Å². The first kappa shape index (κ1) is 21.0. The molecular weight excluding hydrogens is 386 g/mol. The average molecular weight is 414 g/mol. The van der Waals surface area contributed by atoms with Crippen LogP contribution in [-0.2, 0) is 22.4 Å². The van der Waals surface area contributed by atoms with Crippen molar-refractivity contribution in [3.05, 3.63) is 57.3 Å². The van der Waals surface area contributed by atoms with Crippen LogP contribution in [0.5, 0.6) is 0 Å². The topological polar surface area (TPSA) is 87.3 Å². The molecule has 0 saturated carbocycles. The summed E-state index contributed by atoms with van der Waals surface area (Å²) >= 11 is 1.51. The lowest BCUT2D eigenvalue weighted by atomic mass is 9.87. The summed E-state index contributed by atoms with van der Waals surface area (Å²) in [6, 6.07) is 10.8. The van der Waals surface area contributed by atoms with Crippen molar-refractivity contribution in [3.63, 3.8) is 0 Å². The Morgan fingerprint density at radius 2 is 1.93 bits per heavy atom. The van der Waals surface area contributed by atoms with Crippen molar-refractivity contribution in [2.24, 2.45) is 5.92 Å². The van der Waals surface area contributed by atoms with Crippen LogP contribution < -0.4 is 16.2 Å². The lowest BCUT2D eigenvalue weighted by Crippen LogP contribution is -2.43. The van der Waals surface area contributed by atoms with Crippen LogP contribution in [-0.4, -0.2) is 17.7 Å². The van der Waals surface area contributed by atoms with Crippen molar-refractivity contribution in [3.8, 4) is 0 Å². The van der Waals surface area contributed by atoms with E-state index in [2.05, 4.69) is 23.1 Å². The third-order valence-electron chi connectivity index (χ3n) is 5.27. The Morgan fingerprint density at radius 3 is 2.62 bits per heavy atom. The highest BCUT2D eigenvalue weighted by atomic mass is 32.1. The van der Waals surface area contributed by atoms with Gasteiger partial charge in [0.15, 0.2) is 0 Å². The monoisotopic (exact) mass is 413 g/mol. The molecule has 0 bridgehead atoms. The number of amides is 3. The van der Waals surface area contributed by atoms with E-state index in [1.165, 1.54) is 35.1 Å². The number of thiophene rings is 1. The molecule has 3 N–H and O–H groups in total. The number of carbonyl (C=O) groups excluding carboxylic acids is 3.